The van der Waals surface area contributed by atoms with Crippen molar-refractivity contribution in [3.8, 4) is 11.1 Å². The van der Waals surface area contributed by atoms with Gasteiger partial charge in [-0.25, -0.2) is 0 Å². The molecule has 0 aliphatic heterocycles. The van der Waals surface area contributed by atoms with Gasteiger partial charge in [0.1, 0.15) is 0 Å². The summed E-state index contributed by atoms with van der Waals surface area (Å²) in [6.07, 6.45) is 6.75. The van der Waals surface area contributed by atoms with Crippen LogP contribution in [0.25, 0.3) is 11.1 Å². The number of anilines is 1. The Morgan fingerprint density at radius 3 is 2.19 bits per heavy atom. The van der Waals surface area contributed by atoms with Gasteiger partial charge in [0.2, 0.25) is 5.91 Å². The summed E-state index contributed by atoms with van der Waals surface area (Å²) in [5, 5.41) is 14.0. The van der Waals surface area contributed by atoms with Crippen molar-refractivity contribution < 1.29 is 9.90 Å². The van der Waals surface area contributed by atoms with Gasteiger partial charge in [-0.15, -0.1) is 0 Å². The number of nitrogens with one attached hydrogen (secondary N) is 1. The van der Waals surface area contributed by atoms with Crippen molar-refractivity contribution in [3.63, 3.8) is 0 Å². The molecule has 0 aromatic heterocycles. The van der Waals surface area contributed by atoms with Crippen LogP contribution < -0.4 is 5.32 Å². The number of hydrogen-bond donors (Lipinski definition) is 2. The molecular weight excluding hydrogens is 334 g/mol. The Bertz CT molecular complexity index is 828. The van der Waals surface area contributed by atoms with Gasteiger partial charge in [-0.05, 0) is 79.0 Å². The van der Waals surface area contributed by atoms with E-state index in [4.69, 9.17) is 0 Å². The van der Waals surface area contributed by atoms with Crippen LogP contribution in [0.5, 0.6) is 0 Å². The van der Waals surface area contributed by atoms with Crippen LogP contribution in [0.15, 0.2) is 54.6 Å². The van der Waals surface area contributed by atoms with Crippen LogP contribution in [0.4, 0.5) is 5.69 Å². The van der Waals surface area contributed by atoms with Crippen molar-refractivity contribution in [2.45, 2.75) is 50.5 Å². The van der Waals surface area contributed by atoms with E-state index in [-0.39, 0.29) is 11.3 Å². The number of hydrogen-bond acceptors (Lipinski definition) is 2. The number of amides is 1. The highest BCUT2D eigenvalue weighted by Gasteiger charge is 2.57. The molecule has 1 amide bonds. The third kappa shape index (κ3) is 3.29. The highest BCUT2D eigenvalue weighted by atomic mass is 16.3. The van der Waals surface area contributed by atoms with E-state index in [9.17, 15) is 9.90 Å². The van der Waals surface area contributed by atoms with Crippen molar-refractivity contribution in [2.24, 2.45) is 17.3 Å². The first kappa shape index (κ1) is 17.0. The molecule has 4 fully saturated rings. The first-order valence-electron chi connectivity index (χ1n) is 10.2. The third-order valence-corrected chi connectivity index (χ3v) is 6.96. The molecule has 4 aliphatic rings. The normalized spacial score (nSPS) is 33.8. The standard InChI is InChI=1S/C24H27NO2/c26-22(15-23-11-17-10-18(12-23)14-24(27,13-17)16-23)25-21-8-6-20(7-9-21)19-4-2-1-3-5-19/h1-9,17-18,27H,10-16H2,(H,25,26)/t17-,18+,23?,24?. The molecule has 4 atom stereocenters. The van der Waals surface area contributed by atoms with Crippen LogP contribution in [-0.2, 0) is 4.79 Å². The lowest BCUT2D eigenvalue weighted by Gasteiger charge is -2.60. The smallest absolute Gasteiger partial charge is 0.224 e. The number of benzene rings is 2. The molecule has 2 unspecified atom stereocenters. The summed E-state index contributed by atoms with van der Waals surface area (Å²) in [6.45, 7) is 0. The zero-order valence-electron chi connectivity index (χ0n) is 15.7. The van der Waals surface area contributed by atoms with Gasteiger partial charge in [-0.1, -0.05) is 42.5 Å². The zero-order chi connectivity index (χ0) is 18.5. The van der Waals surface area contributed by atoms with Gasteiger partial charge in [0.25, 0.3) is 0 Å². The van der Waals surface area contributed by atoms with E-state index in [1.54, 1.807) is 0 Å². The Morgan fingerprint density at radius 2 is 1.56 bits per heavy atom. The number of carbonyl (C=O) groups is 1. The van der Waals surface area contributed by atoms with E-state index in [1.807, 2.05) is 30.3 Å². The molecule has 2 N–H and O–H groups in total. The fourth-order valence-corrected chi connectivity index (χ4v) is 6.53. The fraction of sp³-hybridized carbons (Fsp3) is 0.458. The van der Waals surface area contributed by atoms with Crippen LogP contribution in [0, 0.1) is 17.3 Å². The second kappa shape index (κ2) is 6.20. The Morgan fingerprint density at radius 1 is 0.926 bits per heavy atom. The lowest BCUT2D eigenvalue weighted by atomic mass is 9.47. The second-order valence-electron chi connectivity index (χ2n) is 9.35. The zero-order valence-corrected chi connectivity index (χ0v) is 15.7. The van der Waals surface area contributed by atoms with Gasteiger partial charge in [0.05, 0.1) is 5.60 Å². The molecule has 0 radical (unpaired) electrons. The molecular formula is C24H27NO2. The quantitative estimate of drug-likeness (QED) is 0.804. The molecule has 0 heterocycles. The average Bonchev–Trinajstić information content (AvgIpc) is 2.60. The summed E-state index contributed by atoms with van der Waals surface area (Å²) in [6, 6.07) is 18.3. The van der Waals surface area contributed by atoms with Gasteiger partial charge < -0.3 is 10.4 Å². The van der Waals surface area contributed by atoms with Gasteiger partial charge in [-0.3, -0.25) is 4.79 Å². The van der Waals surface area contributed by atoms with E-state index >= 15 is 0 Å². The summed E-state index contributed by atoms with van der Waals surface area (Å²) in [4.78, 5) is 12.8. The molecule has 0 saturated heterocycles. The Kier molecular flexibility index (Phi) is 3.90. The van der Waals surface area contributed by atoms with Crippen LogP contribution in [0.1, 0.15) is 44.9 Å². The predicted molar refractivity (Wildman–Crippen MR) is 107 cm³/mol. The van der Waals surface area contributed by atoms with Gasteiger partial charge >= 0.3 is 0 Å². The summed E-state index contributed by atoms with van der Waals surface area (Å²) < 4.78 is 0. The molecule has 4 saturated carbocycles. The summed E-state index contributed by atoms with van der Waals surface area (Å²) >= 11 is 0. The maximum Gasteiger partial charge on any atom is 0.224 e. The highest BCUT2D eigenvalue weighted by Crippen LogP contribution is 2.62. The number of carbonyl (C=O) groups excluding carboxylic acids is 1. The number of rotatable bonds is 4. The van der Waals surface area contributed by atoms with Crippen molar-refractivity contribution in [2.75, 3.05) is 5.32 Å². The first-order chi connectivity index (χ1) is 13.0. The molecule has 140 valence electrons. The van der Waals surface area contributed by atoms with E-state index in [2.05, 4.69) is 29.6 Å². The van der Waals surface area contributed by atoms with Gasteiger partial charge in [0, 0.05) is 12.1 Å². The molecule has 3 heteroatoms. The van der Waals surface area contributed by atoms with Crippen LogP contribution in [0.2, 0.25) is 0 Å². The Hall–Kier alpha value is -2.13. The summed E-state index contributed by atoms with van der Waals surface area (Å²) in [5.41, 5.74) is 2.70. The van der Waals surface area contributed by atoms with Crippen molar-refractivity contribution in [3.05, 3.63) is 54.6 Å². The van der Waals surface area contributed by atoms with Crippen LogP contribution in [0.3, 0.4) is 0 Å². The maximum atomic E-state index is 12.8. The monoisotopic (exact) mass is 361 g/mol. The summed E-state index contributed by atoms with van der Waals surface area (Å²) in [5.74, 6) is 1.33. The number of aliphatic hydroxyl groups is 1. The lowest BCUT2D eigenvalue weighted by molar-refractivity contribution is -0.167. The minimum atomic E-state index is -0.498. The average molecular weight is 361 g/mol. The highest BCUT2D eigenvalue weighted by molar-refractivity contribution is 5.91. The SMILES string of the molecule is O=C(CC12C[C@@H]3C[C@@H](CC(O)(C3)C1)C2)Nc1ccc(-c2ccccc2)cc1. The molecule has 27 heavy (non-hydrogen) atoms. The van der Waals surface area contributed by atoms with E-state index < -0.39 is 5.60 Å². The second-order valence-corrected chi connectivity index (χ2v) is 9.35. The Balaban J connectivity index is 1.26. The molecule has 4 bridgehead atoms. The molecule has 4 aliphatic carbocycles. The summed E-state index contributed by atoms with van der Waals surface area (Å²) in [7, 11) is 0. The molecule has 0 spiro atoms. The maximum absolute atomic E-state index is 12.8. The van der Waals surface area contributed by atoms with Gasteiger partial charge in [0.15, 0.2) is 0 Å². The van der Waals surface area contributed by atoms with E-state index in [1.165, 1.54) is 12.0 Å². The molecule has 3 nitrogen and oxygen atoms in total. The molecule has 2 aromatic rings. The van der Waals surface area contributed by atoms with Crippen LogP contribution >= 0.6 is 0 Å². The topological polar surface area (TPSA) is 49.3 Å². The van der Waals surface area contributed by atoms with Crippen molar-refractivity contribution in [1.29, 1.82) is 0 Å². The Labute approximate surface area is 160 Å². The fourth-order valence-electron chi connectivity index (χ4n) is 6.53. The predicted octanol–water partition coefficient (Wildman–Crippen LogP) is 5.01. The minimum absolute atomic E-state index is 0.0207. The largest absolute Gasteiger partial charge is 0.390 e. The van der Waals surface area contributed by atoms with E-state index in [0.29, 0.717) is 18.3 Å². The third-order valence-electron chi connectivity index (χ3n) is 6.96. The van der Waals surface area contributed by atoms with Crippen LogP contribution in [-0.4, -0.2) is 16.6 Å². The van der Waals surface area contributed by atoms with Crippen molar-refractivity contribution >= 4 is 11.6 Å². The molecule has 2 aromatic carbocycles. The minimum Gasteiger partial charge on any atom is -0.390 e. The van der Waals surface area contributed by atoms with E-state index in [0.717, 1.165) is 43.4 Å². The lowest BCUT2D eigenvalue weighted by Crippen LogP contribution is -2.56. The van der Waals surface area contributed by atoms with Gasteiger partial charge in [-0.2, -0.15) is 0 Å². The van der Waals surface area contributed by atoms with Crippen molar-refractivity contribution in [1.82, 2.24) is 0 Å². The molecule has 6 rings (SSSR count). The first-order valence-corrected chi connectivity index (χ1v) is 10.2.